The summed E-state index contributed by atoms with van der Waals surface area (Å²) >= 11 is 0. The maximum Gasteiger partial charge on any atom is 0.143 e. The minimum Gasteiger partial charge on any atom is -0.455 e. The second-order valence-corrected chi connectivity index (χ2v) is 12.1. The smallest absolute Gasteiger partial charge is 0.143 e. The molecule has 0 aliphatic heterocycles. The van der Waals surface area contributed by atoms with Gasteiger partial charge in [-0.3, -0.25) is 0 Å². The van der Waals surface area contributed by atoms with Gasteiger partial charge in [-0.15, -0.1) is 0 Å². The summed E-state index contributed by atoms with van der Waals surface area (Å²) in [5, 5.41) is 14.9. The Morgan fingerprint density at radius 2 is 1.13 bits per heavy atom. The molecule has 0 unspecified atom stereocenters. The largest absolute Gasteiger partial charge is 0.455 e. The molecule has 7 aromatic carbocycles. The number of aromatic nitrogens is 1. The van der Waals surface area contributed by atoms with Crippen molar-refractivity contribution in [1.82, 2.24) is 4.57 Å². The summed E-state index contributed by atoms with van der Waals surface area (Å²) < 4.78 is 8.81. The summed E-state index contributed by atoms with van der Waals surface area (Å²) in [7, 11) is 0. The molecule has 2 heterocycles. The zero-order valence-electron chi connectivity index (χ0n) is 25.7. The van der Waals surface area contributed by atoms with Gasteiger partial charge in [0.1, 0.15) is 11.2 Å². The molecule has 3 nitrogen and oxygen atoms in total. The number of furan rings is 1. The highest BCUT2D eigenvalue weighted by molar-refractivity contribution is 6.13. The molecule has 0 atom stereocenters. The van der Waals surface area contributed by atoms with Crippen molar-refractivity contribution >= 4 is 43.7 Å². The van der Waals surface area contributed by atoms with Crippen LogP contribution in [0.3, 0.4) is 0 Å². The fourth-order valence-corrected chi connectivity index (χ4v) is 7.23. The van der Waals surface area contributed by atoms with E-state index in [1.54, 1.807) is 0 Å². The van der Waals surface area contributed by atoms with Crippen molar-refractivity contribution in [2.45, 2.75) is 6.92 Å². The van der Waals surface area contributed by atoms with Gasteiger partial charge in [0.15, 0.2) is 0 Å². The van der Waals surface area contributed by atoms with Crippen molar-refractivity contribution in [2.75, 3.05) is 0 Å². The minimum atomic E-state index is 0.623. The van der Waals surface area contributed by atoms with Gasteiger partial charge in [-0.1, -0.05) is 109 Å². The standard InChI is InChI=1S/C44H28N2O/c1-28-39(22-21-33(27-45)43(28)36-17-10-16-35-34-15-8-9-18-42(34)47-44(35)36)46-40-23-19-31(29-11-4-2-5-12-29)25-37(40)38-26-32(20-24-41(38)46)30-13-6-3-7-14-30/h2-26H,1H3. The fraction of sp³-hybridized carbons (Fsp3) is 0.0227. The molecule has 0 fully saturated rings. The summed E-state index contributed by atoms with van der Waals surface area (Å²) in [5.41, 5.74) is 13.1. The van der Waals surface area contributed by atoms with Crippen molar-refractivity contribution in [2.24, 2.45) is 0 Å². The average Bonchev–Trinajstić information content (AvgIpc) is 3.67. The number of para-hydroxylation sites is 2. The van der Waals surface area contributed by atoms with Crippen molar-refractivity contribution in [3.8, 4) is 45.1 Å². The van der Waals surface area contributed by atoms with Crippen LogP contribution < -0.4 is 0 Å². The molecule has 47 heavy (non-hydrogen) atoms. The van der Waals surface area contributed by atoms with E-state index in [4.69, 9.17) is 4.42 Å². The number of fused-ring (bicyclic) bond motifs is 6. The van der Waals surface area contributed by atoms with Crippen LogP contribution in [-0.4, -0.2) is 4.57 Å². The Labute approximate surface area is 272 Å². The lowest BCUT2D eigenvalue weighted by atomic mass is 9.92. The molecule has 0 aliphatic rings. The molecule has 0 saturated heterocycles. The van der Waals surface area contributed by atoms with E-state index in [-0.39, 0.29) is 0 Å². The van der Waals surface area contributed by atoms with Crippen LogP contribution in [0.1, 0.15) is 11.1 Å². The van der Waals surface area contributed by atoms with E-state index in [9.17, 15) is 5.26 Å². The molecule has 9 rings (SSSR count). The lowest BCUT2D eigenvalue weighted by Crippen LogP contribution is -2.01. The molecule has 0 amide bonds. The Kier molecular flexibility index (Phi) is 6.10. The number of rotatable bonds is 4. The van der Waals surface area contributed by atoms with Gasteiger partial charge >= 0.3 is 0 Å². The molecule has 0 aliphatic carbocycles. The Morgan fingerprint density at radius 3 is 1.77 bits per heavy atom. The number of benzene rings is 7. The summed E-state index contributed by atoms with van der Waals surface area (Å²) in [6.45, 7) is 2.13. The third kappa shape index (κ3) is 4.20. The van der Waals surface area contributed by atoms with Crippen LogP contribution in [0, 0.1) is 18.3 Å². The topological polar surface area (TPSA) is 41.9 Å². The SMILES string of the molecule is Cc1c(-n2c3ccc(-c4ccccc4)cc3c3cc(-c4ccccc4)ccc32)ccc(C#N)c1-c1cccc2c1oc1ccccc12. The van der Waals surface area contributed by atoms with Gasteiger partial charge < -0.3 is 8.98 Å². The first-order valence-electron chi connectivity index (χ1n) is 15.8. The number of hydrogen-bond donors (Lipinski definition) is 0. The molecule has 0 N–H and O–H groups in total. The summed E-state index contributed by atoms with van der Waals surface area (Å²) in [6.07, 6.45) is 0. The monoisotopic (exact) mass is 600 g/mol. The molecular formula is C44H28N2O. The predicted octanol–water partition coefficient (Wildman–Crippen LogP) is 11.9. The molecule has 9 aromatic rings. The van der Waals surface area contributed by atoms with E-state index < -0.39 is 0 Å². The molecular weight excluding hydrogens is 572 g/mol. The van der Waals surface area contributed by atoms with Crippen LogP contribution in [-0.2, 0) is 0 Å². The number of nitriles is 1. The second kappa shape index (κ2) is 10.6. The van der Waals surface area contributed by atoms with Crippen molar-refractivity contribution in [3.05, 3.63) is 163 Å². The highest BCUT2D eigenvalue weighted by Gasteiger charge is 2.21. The number of nitrogens with zero attached hydrogens (tertiary/aromatic N) is 2. The number of hydrogen-bond acceptors (Lipinski definition) is 2. The van der Waals surface area contributed by atoms with E-state index >= 15 is 0 Å². The van der Waals surface area contributed by atoms with Crippen molar-refractivity contribution in [1.29, 1.82) is 5.26 Å². The van der Waals surface area contributed by atoms with E-state index in [0.717, 1.165) is 55.3 Å². The highest BCUT2D eigenvalue weighted by Crippen LogP contribution is 2.42. The quantitative estimate of drug-likeness (QED) is 0.202. The Balaban J connectivity index is 1.34. The molecule has 0 saturated carbocycles. The van der Waals surface area contributed by atoms with Gasteiger partial charge in [0.25, 0.3) is 0 Å². The molecule has 0 spiro atoms. The van der Waals surface area contributed by atoms with Crippen LogP contribution in [0.5, 0.6) is 0 Å². The van der Waals surface area contributed by atoms with Gasteiger partial charge in [0.05, 0.1) is 22.7 Å². The molecule has 0 bridgehead atoms. The van der Waals surface area contributed by atoms with Gasteiger partial charge in [-0.25, -0.2) is 0 Å². The fourth-order valence-electron chi connectivity index (χ4n) is 7.23. The first-order valence-corrected chi connectivity index (χ1v) is 15.8. The van der Waals surface area contributed by atoms with E-state index in [2.05, 4.69) is 145 Å². The zero-order valence-corrected chi connectivity index (χ0v) is 25.7. The van der Waals surface area contributed by atoms with E-state index in [0.29, 0.717) is 5.56 Å². The molecule has 2 aromatic heterocycles. The Bertz CT molecular complexity index is 2590. The maximum atomic E-state index is 10.4. The van der Waals surface area contributed by atoms with Gasteiger partial charge in [-0.2, -0.15) is 5.26 Å². The van der Waals surface area contributed by atoms with Gasteiger partial charge in [0.2, 0.25) is 0 Å². The molecule has 0 radical (unpaired) electrons. The second-order valence-electron chi connectivity index (χ2n) is 12.1. The normalized spacial score (nSPS) is 11.5. The van der Waals surface area contributed by atoms with Gasteiger partial charge in [0, 0.05) is 38.4 Å². The third-order valence-electron chi connectivity index (χ3n) is 9.45. The molecule has 3 heteroatoms. The van der Waals surface area contributed by atoms with Crippen molar-refractivity contribution in [3.63, 3.8) is 0 Å². The van der Waals surface area contributed by atoms with Crippen LogP contribution in [0.25, 0.3) is 82.8 Å². The summed E-state index contributed by atoms with van der Waals surface area (Å²) in [4.78, 5) is 0. The van der Waals surface area contributed by atoms with Crippen LogP contribution in [0.2, 0.25) is 0 Å². The first-order chi connectivity index (χ1) is 23.2. The van der Waals surface area contributed by atoms with Crippen LogP contribution in [0.15, 0.2) is 156 Å². The Hall–Kier alpha value is -6.37. The highest BCUT2D eigenvalue weighted by atomic mass is 16.3. The van der Waals surface area contributed by atoms with Crippen LogP contribution >= 0.6 is 0 Å². The average molecular weight is 601 g/mol. The summed E-state index contributed by atoms with van der Waals surface area (Å²) in [6, 6.07) is 55.4. The summed E-state index contributed by atoms with van der Waals surface area (Å²) in [5.74, 6) is 0. The van der Waals surface area contributed by atoms with E-state index in [1.165, 1.54) is 33.0 Å². The molecule has 220 valence electrons. The van der Waals surface area contributed by atoms with Gasteiger partial charge in [-0.05, 0) is 77.2 Å². The minimum absolute atomic E-state index is 0.623. The van der Waals surface area contributed by atoms with E-state index in [1.807, 2.05) is 24.3 Å². The first kappa shape index (κ1) is 27.0. The van der Waals surface area contributed by atoms with Crippen molar-refractivity contribution < 1.29 is 4.42 Å². The predicted molar refractivity (Wildman–Crippen MR) is 194 cm³/mol. The van der Waals surface area contributed by atoms with Crippen LogP contribution in [0.4, 0.5) is 0 Å². The third-order valence-corrected chi connectivity index (χ3v) is 9.45. The lowest BCUT2D eigenvalue weighted by Gasteiger charge is -2.17. The lowest BCUT2D eigenvalue weighted by molar-refractivity contribution is 0.670. The zero-order chi connectivity index (χ0) is 31.5. The maximum absolute atomic E-state index is 10.4. The Morgan fingerprint density at radius 1 is 0.532 bits per heavy atom.